The molecule has 0 bridgehead atoms. The predicted molar refractivity (Wildman–Crippen MR) is 115 cm³/mol. The molecule has 1 aliphatic rings. The van der Waals surface area contributed by atoms with Crippen LogP contribution in [-0.2, 0) is 19.6 Å². The Labute approximate surface area is 187 Å². The number of aromatic nitrogens is 2. The van der Waals surface area contributed by atoms with Gasteiger partial charge in [-0.15, -0.1) is 0 Å². The highest BCUT2D eigenvalue weighted by atomic mass is 32.2. The van der Waals surface area contributed by atoms with Crippen LogP contribution in [0.1, 0.15) is 23.2 Å². The Bertz CT molecular complexity index is 1290. The van der Waals surface area contributed by atoms with Crippen LogP contribution >= 0.6 is 11.7 Å². The van der Waals surface area contributed by atoms with Crippen LogP contribution in [0.4, 0.5) is 10.1 Å². The summed E-state index contributed by atoms with van der Waals surface area (Å²) in [5, 5.41) is 2.67. The molecule has 2 heterocycles. The molecule has 0 aliphatic carbocycles. The van der Waals surface area contributed by atoms with Crippen LogP contribution in [0.2, 0.25) is 0 Å². The molecule has 4 rings (SSSR count). The molecule has 9 nitrogen and oxygen atoms in total. The molecule has 1 amide bonds. The highest BCUT2D eigenvalue weighted by molar-refractivity contribution is 7.89. The first-order chi connectivity index (χ1) is 15.3. The Hall–Kier alpha value is -2.96. The predicted octanol–water partition coefficient (Wildman–Crippen LogP) is 2.66. The quantitative estimate of drug-likeness (QED) is 0.560. The Balaban J connectivity index is 1.43. The van der Waals surface area contributed by atoms with Crippen molar-refractivity contribution in [3.05, 3.63) is 47.8 Å². The Morgan fingerprint density at radius 2 is 1.94 bits per heavy atom. The zero-order valence-electron chi connectivity index (χ0n) is 16.9. The molecule has 0 spiro atoms. The van der Waals surface area contributed by atoms with Crippen molar-refractivity contribution in [2.75, 3.05) is 25.5 Å². The molecule has 0 unspecified atom stereocenters. The number of rotatable bonds is 5. The molecule has 1 aromatic heterocycles. The van der Waals surface area contributed by atoms with E-state index in [1.54, 1.807) is 12.1 Å². The van der Waals surface area contributed by atoms with Gasteiger partial charge >= 0.3 is 5.97 Å². The molecule has 0 atom stereocenters. The Kier molecular flexibility index (Phi) is 6.17. The van der Waals surface area contributed by atoms with Crippen LogP contribution in [0.25, 0.3) is 11.0 Å². The van der Waals surface area contributed by atoms with Gasteiger partial charge in [0.05, 0.1) is 24.4 Å². The maximum atomic E-state index is 13.8. The minimum atomic E-state index is -3.78. The number of nitrogens with zero attached hydrogens (tertiary/aromatic N) is 3. The van der Waals surface area contributed by atoms with Crippen LogP contribution in [0.3, 0.4) is 0 Å². The Morgan fingerprint density at radius 1 is 1.19 bits per heavy atom. The fourth-order valence-electron chi connectivity index (χ4n) is 3.60. The molecule has 12 heteroatoms. The van der Waals surface area contributed by atoms with E-state index in [0.29, 0.717) is 23.9 Å². The van der Waals surface area contributed by atoms with Crippen molar-refractivity contribution in [2.24, 2.45) is 5.92 Å². The van der Waals surface area contributed by atoms with Gasteiger partial charge in [-0.25, -0.2) is 17.6 Å². The van der Waals surface area contributed by atoms with Gasteiger partial charge in [-0.05, 0) is 43.2 Å². The third-order valence-corrected chi connectivity index (χ3v) is 7.80. The van der Waals surface area contributed by atoms with E-state index < -0.39 is 27.7 Å². The number of anilines is 1. The monoisotopic (exact) mass is 478 g/mol. The summed E-state index contributed by atoms with van der Waals surface area (Å²) in [5.41, 5.74) is 0.845. The topological polar surface area (TPSA) is 119 Å². The molecule has 1 N–H and O–H groups in total. The molecule has 0 radical (unpaired) electrons. The van der Waals surface area contributed by atoms with Crippen LogP contribution in [0, 0.1) is 11.7 Å². The van der Waals surface area contributed by atoms with E-state index in [1.165, 1.54) is 22.5 Å². The largest absolute Gasteiger partial charge is 0.465 e. The Morgan fingerprint density at radius 3 is 2.66 bits per heavy atom. The molecule has 1 fully saturated rings. The van der Waals surface area contributed by atoms with Crippen molar-refractivity contribution in [2.45, 2.75) is 17.7 Å². The lowest BCUT2D eigenvalue weighted by molar-refractivity contribution is -0.120. The number of benzene rings is 2. The van der Waals surface area contributed by atoms with Gasteiger partial charge in [0, 0.05) is 24.7 Å². The van der Waals surface area contributed by atoms with Gasteiger partial charge in [-0.2, -0.15) is 13.1 Å². The van der Waals surface area contributed by atoms with Gasteiger partial charge in [-0.1, -0.05) is 6.07 Å². The number of esters is 1. The lowest BCUT2D eigenvalue weighted by Gasteiger charge is -2.30. The SMILES string of the molecule is COC(=O)c1cc(NC(=O)C2CCN(S(=O)(=O)c3cccc4nsnc34)CC2)ccc1F. The number of hydrogen-bond donors (Lipinski definition) is 1. The lowest BCUT2D eigenvalue weighted by Crippen LogP contribution is -2.41. The average Bonchev–Trinajstić information content (AvgIpc) is 3.28. The number of nitrogens with one attached hydrogen (secondary N) is 1. The summed E-state index contributed by atoms with van der Waals surface area (Å²) in [7, 11) is -2.64. The molecule has 1 aliphatic heterocycles. The van der Waals surface area contributed by atoms with Crippen LogP contribution in [0.5, 0.6) is 0 Å². The number of fused-ring (bicyclic) bond motifs is 1. The van der Waals surface area contributed by atoms with Gasteiger partial charge in [-0.3, -0.25) is 4.79 Å². The highest BCUT2D eigenvalue weighted by Crippen LogP contribution is 2.28. The van der Waals surface area contributed by atoms with Crippen molar-refractivity contribution < 1.29 is 27.1 Å². The summed E-state index contributed by atoms with van der Waals surface area (Å²) in [6.45, 7) is 0.344. The number of carbonyl (C=O) groups excluding carboxylic acids is 2. The number of piperidine rings is 1. The van der Waals surface area contributed by atoms with Gasteiger partial charge in [0.15, 0.2) is 0 Å². The van der Waals surface area contributed by atoms with Crippen molar-refractivity contribution in [1.29, 1.82) is 0 Å². The fraction of sp³-hybridized carbons (Fsp3) is 0.300. The molecular weight excluding hydrogens is 459 g/mol. The second kappa shape index (κ2) is 8.88. The van der Waals surface area contributed by atoms with Crippen LogP contribution in [0.15, 0.2) is 41.3 Å². The molecule has 0 saturated carbocycles. The normalized spacial score (nSPS) is 15.6. The summed E-state index contributed by atoms with van der Waals surface area (Å²) in [4.78, 5) is 24.4. The van der Waals surface area contributed by atoms with Gasteiger partial charge in [0.1, 0.15) is 21.7 Å². The highest BCUT2D eigenvalue weighted by Gasteiger charge is 2.33. The van der Waals surface area contributed by atoms with E-state index in [9.17, 15) is 22.4 Å². The van der Waals surface area contributed by atoms with Crippen LogP contribution < -0.4 is 5.32 Å². The lowest BCUT2D eigenvalue weighted by atomic mass is 9.97. The first kappa shape index (κ1) is 22.2. The van der Waals surface area contributed by atoms with E-state index >= 15 is 0 Å². The van der Waals surface area contributed by atoms with Crippen molar-refractivity contribution in [3.63, 3.8) is 0 Å². The van der Waals surface area contributed by atoms with E-state index in [1.807, 2.05) is 0 Å². The zero-order chi connectivity index (χ0) is 22.9. The number of halogens is 1. The molecule has 3 aromatic rings. The van der Waals surface area contributed by atoms with Gasteiger partial charge in [0.2, 0.25) is 15.9 Å². The fourth-order valence-corrected chi connectivity index (χ4v) is 5.82. The number of hydrogen-bond acceptors (Lipinski definition) is 8. The summed E-state index contributed by atoms with van der Waals surface area (Å²) in [6, 6.07) is 8.47. The summed E-state index contributed by atoms with van der Waals surface area (Å²) in [5.74, 6) is -2.35. The average molecular weight is 479 g/mol. The van der Waals surface area contributed by atoms with E-state index in [-0.39, 0.29) is 35.1 Å². The molecule has 168 valence electrons. The third-order valence-electron chi connectivity index (χ3n) is 5.33. The first-order valence-electron chi connectivity index (χ1n) is 9.71. The first-order valence-corrected chi connectivity index (χ1v) is 11.9. The van der Waals surface area contributed by atoms with Crippen LogP contribution in [-0.4, -0.2) is 53.5 Å². The van der Waals surface area contributed by atoms with Gasteiger partial charge in [0.25, 0.3) is 0 Å². The van der Waals surface area contributed by atoms with Gasteiger partial charge < -0.3 is 10.1 Å². The number of amides is 1. The number of ether oxygens (including phenoxy) is 1. The summed E-state index contributed by atoms with van der Waals surface area (Å²) in [6.07, 6.45) is 0.642. The van der Waals surface area contributed by atoms with E-state index in [4.69, 9.17) is 0 Å². The smallest absolute Gasteiger partial charge is 0.340 e. The van der Waals surface area contributed by atoms with Crippen molar-refractivity contribution in [3.8, 4) is 0 Å². The minimum absolute atomic E-state index is 0.105. The minimum Gasteiger partial charge on any atom is -0.465 e. The molecular formula is C20H19FN4O5S2. The molecule has 32 heavy (non-hydrogen) atoms. The van der Waals surface area contributed by atoms with Crippen molar-refractivity contribution >= 4 is 50.3 Å². The second-order valence-corrected chi connectivity index (χ2v) is 9.68. The number of carbonyl (C=O) groups is 2. The standard InChI is InChI=1S/C20H19FN4O5S2/c1-30-20(27)14-11-13(5-6-15(14)21)22-19(26)12-7-9-25(10-8-12)32(28,29)17-4-2-3-16-18(17)24-31-23-16/h2-6,11-12H,7-10H2,1H3,(H,22,26). The third kappa shape index (κ3) is 4.20. The summed E-state index contributed by atoms with van der Waals surface area (Å²) < 4.78 is 54.1. The van der Waals surface area contributed by atoms with Crippen molar-refractivity contribution in [1.82, 2.24) is 13.1 Å². The second-order valence-electron chi connectivity index (χ2n) is 7.24. The van der Waals surface area contributed by atoms with E-state index in [0.717, 1.165) is 24.9 Å². The molecule has 2 aromatic carbocycles. The zero-order valence-corrected chi connectivity index (χ0v) is 18.6. The number of methoxy groups -OCH3 is 1. The maximum absolute atomic E-state index is 13.8. The molecule has 1 saturated heterocycles. The maximum Gasteiger partial charge on any atom is 0.340 e. The summed E-state index contributed by atoms with van der Waals surface area (Å²) >= 11 is 0.952. The number of sulfonamides is 1. The van der Waals surface area contributed by atoms with E-state index in [2.05, 4.69) is 18.8 Å².